The number of rotatable bonds is 3. The van der Waals surface area contributed by atoms with Crippen LogP contribution in [0.25, 0.3) is 0 Å². The molecule has 1 spiro atoms. The number of nitrogens with one attached hydrogen (secondary N) is 1. The van der Waals surface area contributed by atoms with Crippen LogP contribution in [0.4, 0.5) is 18.9 Å². The van der Waals surface area contributed by atoms with Crippen molar-refractivity contribution in [2.24, 2.45) is 5.41 Å². The Balaban J connectivity index is 1.51. The summed E-state index contributed by atoms with van der Waals surface area (Å²) >= 11 is 0. The molecule has 3 nitrogen and oxygen atoms in total. The van der Waals surface area contributed by atoms with Gasteiger partial charge in [-0.25, -0.2) is 8.42 Å². The maximum Gasteiger partial charge on any atom is 0.393 e. The molecular weight excluding hydrogens is 327 g/mol. The van der Waals surface area contributed by atoms with Gasteiger partial charge < -0.3 is 5.32 Å². The van der Waals surface area contributed by atoms with E-state index in [1.807, 2.05) is 0 Å². The van der Waals surface area contributed by atoms with Crippen LogP contribution in [0.3, 0.4) is 0 Å². The molecule has 1 aliphatic heterocycles. The number of benzene rings is 1. The second-order valence-corrected chi connectivity index (χ2v) is 9.00. The number of hydrogen-bond donors (Lipinski definition) is 1. The van der Waals surface area contributed by atoms with E-state index in [1.54, 1.807) is 12.1 Å². The quantitative estimate of drug-likeness (QED) is 0.909. The Morgan fingerprint density at radius 2 is 1.65 bits per heavy atom. The number of sulfone groups is 1. The minimum Gasteiger partial charge on any atom is -0.382 e. The van der Waals surface area contributed by atoms with Crippen molar-refractivity contribution in [2.45, 2.75) is 44.3 Å². The third kappa shape index (κ3) is 4.19. The lowest BCUT2D eigenvalue weighted by Gasteiger charge is -2.46. The lowest BCUT2D eigenvalue weighted by molar-refractivity contribution is -0.127. The fourth-order valence-electron chi connectivity index (χ4n) is 3.74. The molecule has 1 N–H and O–H groups in total. The minimum atomic E-state index is -4.18. The molecule has 1 aliphatic carbocycles. The van der Waals surface area contributed by atoms with E-state index in [2.05, 4.69) is 5.32 Å². The van der Waals surface area contributed by atoms with Gasteiger partial charge >= 0.3 is 6.18 Å². The molecule has 0 unspecified atom stereocenters. The van der Waals surface area contributed by atoms with Gasteiger partial charge in [-0.1, -0.05) is 12.1 Å². The van der Waals surface area contributed by atoms with Crippen molar-refractivity contribution >= 4 is 15.5 Å². The van der Waals surface area contributed by atoms with Crippen molar-refractivity contribution in [1.29, 1.82) is 0 Å². The van der Waals surface area contributed by atoms with Crippen LogP contribution < -0.4 is 5.32 Å². The first-order valence-electron chi connectivity index (χ1n) is 7.78. The standard InChI is InChI=1S/C16H20F3NO2S/c17-16(18,19)9-12-1-3-13(4-2-12)20-14-5-7-15(8-6-14)10-23(21,22)11-15/h1-4,14,20H,5-11H2. The molecule has 1 aromatic carbocycles. The van der Waals surface area contributed by atoms with Crippen LogP contribution in [0.1, 0.15) is 31.2 Å². The summed E-state index contributed by atoms with van der Waals surface area (Å²) < 4.78 is 59.7. The summed E-state index contributed by atoms with van der Waals surface area (Å²) in [5, 5.41) is 3.35. The van der Waals surface area contributed by atoms with Gasteiger partial charge in [-0.2, -0.15) is 13.2 Å². The predicted molar refractivity (Wildman–Crippen MR) is 83.2 cm³/mol. The van der Waals surface area contributed by atoms with Gasteiger partial charge in [0.05, 0.1) is 17.9 Å². The van der Waals surface area contributed by atoms with Gasteiger partial charge in [0.1, 0.15) is 0 Å². The van der Waals surface area contributed by atoms with Crippen molar-refractivity contribution in [1.82, 2.24) is 0 Å². The molecule has 1 aromatic rings. The third-order valence-electron chi connectivity index (χ3n) is 4.83. The highest BCUT2D eigenvalue weighted by atomic mass is 32.2. The molecule has 1 saturated carbocycles. The van der Waals surface area contributed by atoms with E-state index in [0.717, 1.165) is 31.4 Å². The second kappa shape index (κ2) is 5.69. The van der Waals surface area contributed by atoms with E-state index in [-0.39, 0.29) is 17.0 Å². The first-order chi connectivity index (χ1) is 10.6. The monoisotopic (exact) mass is 347 g/mol. The topological polar surface area (TPSA) is 46.2 Å². The number of alkyl halides is 3. The molecule has 3 rings (SSSR count). The maximum absolute atomic E-state index is 12.3. The summed E-state index contributed by atoms with van der Waals surface area (Å²) in [6.45, 7) is 0. The molecule has 1 saturated heterocycles. The molecule has 0 atom stereocenters. The van der Waals surface area contributed by atoms with Crippen LogP contribution in [-0.2, 0) is 16.3 Å². The highest BCUT2D eigenvalue weighted by molar-refractivity contribution is 7.92. The van der Waals surface area contributed by atoms with E-state index in [1.165, 1.54) is 12.1 Å². The summed E-state index contributed by atoms with van der Waals surface area (Å²) in [6.07, 6.45) is -1.49. The molecule has 7 heteroatoms. The summed E-state index contributed by atoms with van der Waals surface area (Å²) in [4.78, 5) is 0. The molecule has 2 aliphatic rings. The van der Waals surface area contributed by atoms with Crippen LogP contribution in [0.2, 0.25) is 0 Å². The Labute approximate surface area is 134 Å². The van der Waals surface area contributed by atoms with Gasteiger partial charge in [0.25, 0.3) is 0 Å². The molecule has 0 radical (unpaired) electrons. The van der Waals surface area contributed by atoms with Crippen LogP contribution >= 0.6 is 0 Å². The van der Waals surface area contributed by atoms with E-state index in [0.29, 0.717) is 11.5 Å². The predicted octanol–water partition coefficient (Wildman–Crippen LogP) is 3.56. The zero-order chi connectivity index (χ0) is 16.7. The zero-order valence-corrected chi connectivity index (χ0v) is 13.5. The zero-order valence-electron chi connectivity index (χ0n) is 12.7. The minimum absolute atomic E-state index is 0.00637. The van der Waals surface area contributed by atoms with Crippen LogP contribution in [0.5, 0.6) is 0 Å². The molecule has 0 bridgehead atoms. The fraction of sp³-hybridized carbons (Fsp3) is 0.625. The van der Waals surface area contributed by atoms with E-state index in [9.17, 15) is 21.6 Å². The molecule has 1 heterocycles. The lowest BCUT2D eigenvalue weighted by Crippen LogP contribution is -2.51. The Bertz CT molecular complexity index is 646. The Kier molecular flexibility index (Phi) is 4.11. The van der Waals surface area contributed by atoms with Crippen LogP contribution in [-0.4, -0.2) is 32.1 Å². The maximum atomic E-state index is 12.3. The van der Waals surface area contributed by atoms with Crippen molar-refractivity contribution in [2.75, 3.05) is 16.8 Å². The van der Waals surface area contributed by atoms with Crippen LogP contribution in [0, 0.1) is 5.41 Å². The average Bonchev–Trinajstić information content (AvgIpc) is 2.40. The fourth-order valence-corrected chi connectivity index (χ4v) is 6.10. The summed E-state index contributed by atoms with van der Waals surface area (Å²) in [7, 11) is -2.80. The number of anilines is 1. The van der Waals surface area contributed by atoms with Gasteiger partial charge in [-0.3, -0.25) is 0 Å². The molecule has 0 aromatic heterocycles. The van der Waals surface area contributed by atoms with E-state index < -0.39 is 22.4 Å². The average molecular weight is 347 g/mol. The smallest absolute Gasteiger partial charge is 0.382 e. The van der Waals surface area contributed by atoms with E-state index in [4.69, 9.17) is 0 Å². The molecule has 2 fully saturated rings. The van der Waals surface area contributed by atoms with Crippen molar-refractivity contribution in [3.63, 3.8) is 0 Å². The second-order valence-electron chi connectivity index (χ2n) is 6.94. The SMILES string of the molecule is O=S1(=O)CC2(CCC(Nc3ccc(CC(F)(F)F)cc3)CC2)C1. The van der Waals surface area contributed by atoms with Gasteiger partial charge in [0.15, 0.2) is 9.84 Å². The van der Waals surface area contributed by atoms with Crippen molar-refractivity contribution < 1.29 is 21.6 Å². The normalized spacial score (nSPS) is 23.4. The molecule has 128 valence electrons. The van der Waals surface area contributed by atoms with Crippen LogP contribution in [0.15, 0.2) is 24.3 Å². The molecular formula is C16H20F3NO2S. The number of halogens is 3. The Morgan fingerprint density at radius 3 is 2.13 bits per heavy atom. The van der Waals surface area contributed by atoms with Gasteiger partial charge in [-0.05, 0) is 48.8 Å². The highest BCUT2D eigenvalue weighted by Gasteiger charge is 2.49. The number of hydrogen-bond acceptors (Lipinski definition) is 3. The largest absolute Gasteiger partial charge is 0.393 e. The first-order valence-corrected chi connectivity index (χ1v) is 9.60. The Morgan fingerprint density at radius 1 is 1.09 bits per heavy atom. The first kappa shape index (κ1) is 16.6. The lowest BCUT2D eigenvalue weighted by atomic mass is 9.74. The van der Waals surface area contributed by atoms with Gasteiger partial charge in [-0.15, -0.1) is 0 Å². The molecule has 0 amide bonds. The van der Waals surface area contributed by atoms with Gasteiger partial charge in [0.2, 0.25) is 0 Å². The van der Waals surface area contributed by atoms with E-state index >= 15 is 0 Å². The Hall–Kier alpha value is -1.24. The van der Waals surface area contributed by atoms with Gasteiger partial charge in [0, 0.05) is 11.7 Å². The van der Waals surface area contributed by atoms with Crippen molar-refractivity contribution in [3.8, 4) is 0 Å². The summed E-state index contributed by atoms with van der Waals surface area (Å²) in [5.41, 5.74) is 1.07. The summed E-state index contributed by atoms with van der Waals surface area (Å²) in [6, 6.07) is 6.62. The highest BCUT2D eigenvalue weighted by Crippen LogP contribution is 2.45. The third-order valence-corrected chi connectivity index (χ3v) is 6.93. The summed E-state index contributed by atoms with van der Waals surface area (Å²) in [5.74, 6) is 0.637. The van der Waals surface area contributed by atoms with Crippen molar-refractivity contribution in [3.05, 3.63) is 29.8 Å². The molecule has 23 heavy (non-hydrogen) atoms.